The highest BCUT2D eigenvalue weighted by Crippen LogP contribution is 2.28. The maximum atomic E-state index is 14.5. The van der Waals surface area contributed by atoms with Crippen molar-refractivity contribution in [3.8, 4) is 0 Å². The van der Waals surface area contributed by atoms with Crippen LogP contribution < -0.4 is 15.5 Å². The topological polar surface area (TPSA) is 70.4 Å². The number of carbonyl (C=O) groups excluding carboxylic acids is 1. The molecule has 0 aliphatic carbocycles. The van der Waals surface area contributed by atoms with Crippen molar-refractivity contribution in [2.24, 2.45) is 0 Å². The summed E-state index contributed by atoms with van der Waals surface area (Å²) in [5.41, 5.74) is 2.15. The Kier molecular flexibility index (Phi) is 4.72. The van der Waals surface area contributed by atoms with E-state index in [1.165, 1.54) is 12.1 Å². The number of rotatable bonds is 3. The third kappa shape index (κ3) is 3.61. The highest BCUT2D eigenvalue weighted by Gasteiger charge is 2.17. The number of hydrogen-bond donors (Lipinski definition) is 2. The van der Waals surface area contributed by atoms with Crippen molar-refractivity contribution in [2.45, 2.75) is 6.92 Å². The number of amides is 1. The predicted molar refractivity (Wildman–Crippen MR) is 103 cm³/mol. The van der Waals surface area contributed by atoms with E-state index in [-0.39, 0.29) is 5.56 Å². The fourth-order valence-electron chi connectivity index (χ4n) is 3.18. The van der Waals surface area contributed by atoms with Gasteiger partial charge in [-0.2, -0.15) is 0 Å². The maximum absolute atomic E-state index is 14.5. The Morgan fingerprint density at radius 2 is 2.07 bits per heavy atom. The third-order valence-electron chi connectivity index (χ3n) is 4.49. The summed E-state index contributed by atoms with van der Waals surface area (Å²) in [7, 11) is 0. The lowest BCUT2D eigenvalue weighted by Gasteiger charge is -2.29. The largest absolute Gasteiger partial charge is 0.441 e. The molecule has 2 heterocycles. The van der Waals surface area contributed by atoms with Crippen LogP contribution in [0.3, 0.4) is 0 Å². The molecule has 0 saturated carbocycles. The molecule has 2 aromatic carbocycles. The number of aryl methyl sites for hydroxylation is 1. The van der Waals surface area contributed by atoms with Crippen LogP contribution in [0.2, 0.25) is 5.02 Å². The van der Waals surface area contributed by atoms with E-state index in [0.29, 0.717) is 27.7 Å². The molecule has 1 aromatic heterocycles. The van der Waals surface area contributed by atoms with E-state index in [4.69, 9.17) is 16.0 Å². The number of piperazine rings is 1. The Morgan fingerprint density at radius 3 is 2.81 bits per heavy atom. The molecular formula is C19H18ClFN4O2. The first-order valence-electron chi connectivity index (χ1n) is 8.64. The van der Waals surface area contributed by atoms with Crippen LogP contribution >= 0.6 is 11.6 Å². The molecule has 4 rings (SSSR count). The zero-order valence-corrected chi connectivity index (χ0v) is 15.4. The molecule has 140 valence electrons. The van der Waals surface area contributed by atoms with Gasteiger partial charge >= 0.3 is 0 Å². The first kappa shape index (κ1) is 17.8. The zero-order chi connectivity index (χ0) is 19.0. The molecule has 27 heavy (non-hydrogen) atoms. The van der Waals surface area contributed by atoms with Crippen LogP contribution in [0.15, 0.2) is 34.7 Å². The fraction of sp³-hybridized carbons (Fsp3) is 0.263. The van der Waals surface area contributed by atoms with Gasteiger partial charge in [0.25, 0.3) is 5.91 Å². The molecule has 8 heteroatoms. The molecule has 0 bridgehead atoms. The van der Waals surface area contributed by atoms with Crippen LogP contribution in [0.4, 0.5) is 15.8 Å². The Hall–Kier alpha value is -2.64. The number of anilines is 2. The number of hydrogen-bond acceptors (Lipinski definition) is 5. The van der Waals surface area contributed by atoms with Gasteiger partial charge in [0.2, 0.25) is 0 Å². The normalized spacial score (nSPS) is 14.6. The minimum atomic E-state index is -0.564. The van der Waals surface area contributed by atoms with Gasteiger partial charge < -0.3 is 20.0 Å². The third-order valence-corrected chi connectivity index (χ3v) is 4.78. The summed E-state index contributed by atoms with van der Waals surface area (Å²) >= 11 is 6.18. The Morgan fingerprint density at radius 1 is 1.30 bits per heavy atom. The molecule has 1 aliphatic rings. The summed E-state index contributed by atoms with van der Waals surface area (Å²) in [6, 6.07) is 7.85. The van der Waals surface area contributed by atoms with E-state index in [0.717, 1.165) is 31.9 Å². The number of fused-ring (bicyclic) bond motifs is 1. The number of halogens is 2. The summed E-state index contributed by atoms with van der Waals surface area (Å²) in [6.07, 6.45) is 0. The van der Waals surface area contributed by atoms with Gasteiger partial charge in [-0.25, -0.2) is 9.37 Å². The summed E-state index contributed by atoms with van der Waals surface area (Å²) in [5, 5.41) is 6.27. The van der Waals surface area contributed by atoms with Gasteiger partial charge in [-0.05, 0) is 24.3 Å². The molecule has 1 saturated heterocycles. The van der Waals surface area contributed by atoms with Crippen LogP contribution in [-0.2, 0) is 0 Å². The van der Waals surface area contributed by atoms with Gasteiger partial charge in [0, 0.05) is 50.5 Å². The van der Waals surface area contributed by atoms with Crippen LogP contribution in [0.5, 0.6) is 0 Å². The number of oxazole rings is 1. The van der Waals surface area contributed by atoms with Crippen molar-refractivity contribution in [1.29, 1.82) is 0 Å². The Balaban J connectivity index is 1.56. The number of aromatic nitrogens is 1. The van der Waals surface area contributed by atoms with Gasteiger partial charge in [-0.3, -0.25) is 4.79 Å². The highest BCUT2D eigenvalue weighted by molar-refractivity contribution is 6.35. The van der Waals surface area contributed by atoms with Gasteiger partial charge in [0.15, 0.2) is 11.5 Å². The second kappa shape index (κ2) is 7.17. The van der Waals surface area contributed by atoms with Crippen LogP contribution in [-0.4, -0.2) is 37.1 Å². The lowest BCUT2D eigenvalue weighted by molar-refractivity contribution is 0.102. The molecule has 1 fully saturated rings. The first-order chi connectivity index (χ1) is 13.0. The minimum absolute atomic E-state index is 0.0288. The molecular weight excluding hydrogens is 371 g/mol. The van der Waals surface area contributed by atoms with Crippen molar-refractivity contribution in [3.05, 3.63) is 52.6 Å². The van der Waals surface area contributed by atoms with Gasteiger partial charge in [-0.15, -0.1) is 0 Å². The molecule has 0 radical (unpaired) electrons. The summed E-state index contributed by atoms with van der Waals surface area (Å²) < 4.78 is 20.0. The molecule has 1 aliphatic heterocycles. The number of nitrogens with one attached hydrogen (secondary N) is 2. The quantitative estimate of drug-likeness (QED) is 0.717. The highest BCUT2D eigenvalue weighted by atomic mass is 35.5. The van der Waals surface area contributed by atoms with Crippen LogP contribution in [0.25, 0.3) is 11.1 Å². The minimum Gasteiger partial charge on any atom is -0.441 e. The lowest BCUT2D eigenvalue weighted by Crippen LogP contribution is -2.43. The van der Waals surface area contributed by atoms with Crippen LogP contribution in [0, 0.1) is 12.7 Å². The van der Waals surface area contributed by atoms with Crippen molar-refractivity contribution in [3.63, 3.8) is 0 Å². The predicted octanol–water partition coefficient (Wildman–Crippen LogP) is 3.59. The number of carbonyl (C=O) groups is 1. The molecule has 6 nitrogen and oxygen atoms in total. The lowest BCUT2D eigenvalue weighted by atomic mass is 10.1. The van der Waals surface area contributed by atoms with Crippen molar-refractivity contribution < 1.29 is 13.6 Å². The molecule has 3 aromatic rings. The van der Waals surface area contributed by atoms with E-state index in [9.17, 15) is 9.18 Å². The van der Waals surface area contributed by atoms with E-state index >= 15 is 0 Å². The van der Waals surface area contributed by atoms with Gasteiger partial charge in [0.1, 0.15) is 11.3 Å². The molecule has 0 atom stereocenters. The van der Waals surface area contributed by atoms with E-state index in [2.05, 4.69) is 20.5 Å². The van der Waals surface area contributed by atoms with E-state index in [1.54, 1.807) is 25.1 Å². The van der Waals surface area contributed by atoms with Crippen LogP contribution in [0.1, 0.15) is 16.2 Å². The summed E-state index contributed by atoms with van der Waals surface area (Å²) in [4.78, 5) is 18.8. The summed E-state index contributed by atoms with van der Waals surface area (Å²) in [5.74, 6) is -0.637. The SMILES string of the molecule is Cc1nc2c(Cl)cc(NC(=O)c3ccc(N4CCNCC4)cc3F)cc2o1. The molecule has 2 N–H and O–H groups in total. The monoisotopic (exact) mass is 388 g/mol. The molecule has 0 spiro atoms. The molecule has 1 amide bonds. The van der Waals surface area contributed by atoms with Crippen molar-refractivity contribution >= 4 is 40.0 Å². The average molecular weight is 389 g/mol. The standard InChI is InChI=1S/C19H18ClFN4O2/c1-11-23-18-15(20)8-12(9-17(18)27-11)24-19(26)14-3-2-13(10-16(14)21)25-6-4-22-5-7-25/h2-3,8-10,22H,4-7H2,1H3,(H,24,26). The zero-order valence-electron chi connectivity index (χ0n) is 14.7. The Bertz CT molecular complexity index is 1010. The van der Waals surface area contributed by atoms with Gasteiger partial charge in [0.05, 0.1) is 10.6 Å². The maximum Gasteiger partial charge on any atom is 0.258 e. The number of nitrogens with zero attached hydrogens (tertiary/aromatic N) is 2. The second-order valence-corrected chi connectivity index (χ2v) is 6.80. The van der Waals surface area contributed by atoms with Crippen molar-refractivity contribution in [2.75, 3.05) is 36.4 Å². The van der Waals surface area contributed by atoms with Gasteiger partial charge in [-0.1, -0.05) is 11.6 Å². The molecule has 0 unspecified atom stereocenters. The smallest absolute Gasteiger partial charge is 0.258 e. The average Bonchev–Trinajstić information content (AvgIpc) is 3.03. The second-order valence-electron chi connectivity index (χ2n) is 6.39. The van der Waals surface area contributed by atoms with E-state index in [1.807, 2.05) is 0 Å². The van der Waals surface area contributed by atoms with E-state index < -0.39 is 11.7 Å². The summed E-state index contributed by atoms with van der Waals surface area (Å²) in [6.45, 7) is 5.03. The first-order valence-corrected chi connectivity index (χ1v) is 9.02. The van der Waals surface area contributed by atoms with Crippen molar-refractivity contribution in [1.82, 2.24) is 10.3 Å². The fourth-order valence-corrected chi connectivity index (χ4v) is 3.43. The Labute approximate surface area is 160 Å². The number of benzene rings is 2.